The summed E-state index contributed by atoms with van der Waals surface area (Å²) in [4.78, 5) is 7.04. The average Bonchev–Trinajstić information content (AvgIpc) is 3.43. The van der Waals surface area contributed by atoms with Crippen LogP contribution < -0.4 is 14.5 Å². The summed E-state index contributed by atoms with van der Waals surface area (Å²) >= 11 is 3.39. The van der Waals surface area contributed by atoms with Crippen molar-refractivity contribution in [3.8, 4) is 5.75 Å². The van der Waals surface area contributed by atoms with Gasteiger partial charge in [-0.05, 0) is 50.1 Å². The van der Waals surface area contributed by atoms with Crippen molar-refractivity contribution in [2.24, 2.45) is 0 Å². The fourth-order valence-electron chi connectivity index (χ4n) is 5.15. The normalized spacial score (nSPS) is 21.9. The number of halogens is 1. The van der Waals surface area contributed by atoms with Crippen molar-refractivity contribution >= 4 is 37.6 Å². The number of sulfonamides is 1. The lowest BCUT2D eigenvalue weighted by Gasteiger charge is -2.36. The van der Waals surface area contributed by atoms with E-state index in [1.165, 1.54) is 17.1 Å². The fourth-order valence-corrected chi connectivity index (χ4v) is 7.24. The predicted molar refractivity (Wildman–Crippen MR) is 146 cm³/mol. The van der Waals surface area contributed by atoms with Gasteiger partial charge in [0.25, 0.3) is 0 Å². The molecule has 3 aliphatic rings. The monoisotopic (exact) mass is 594 g/mol. The summed E-state index contributed by atoms with van der Waals surface area (Å²) in [5.41, 5.74) is 0. The first-order valence-electron chi connectivity index (χ1n) is 13.0. The van der Waals surface area contributed by atoms with Crippen molar-refractivity contribution in [1.29, 1.82) is 0 Å². The molecule has 3 aliphatic heterocycles. The number of rotatable bonds is 8. The molecule has 4 heterocycles. The van der Waals surface area contributed by atoms with Crippen molar-refractivity contribution in [3.05, 3.63) is 34.8 Å². The predicted octanol–water partition coefficient (Wildman–Crippen LogP) is 2.45. The Morgan fingerprint density at radius 2 is 1.62 bits per heavy atom. The minimum Gasteiger partial charge on any atom is -0.492 e. The van der Waals surface area contributed by atoms with Gasteiger partial charge in [-0.15, -0.1) is 10.2 Å². The third kappa shape index (κ3) is 6.19. The van der Waals surface area contributed by atoms with E-state index in [4.69, 9.17) is 9.47 Å². The second kappa shape index (κ2) is 11.8. The molecule has 5 rings (SSSR count). The van der Waals surface area contributed by atoms with E-state index in [2.05, 4.69) is 40.8 Å². The van der Waals surface area contributed by atoms with E-state index in [0.29, 0.717) is 49.1 Å². The summed E-state index contributed by atoms with van der Waals surface area (Å²) in [6, 6.07) is 9.11. The molecule has 0 saturated carbocycles. The van der Waals surface area contributed by atoms with Gasteiger partial charge >= 0.3 is 0 Å². The Morgan fingerprint density at radius 1 is 0.973 bits per heavy atom. The molecule has 3 saturated heterocycles. The topological polar surface area (TPSA) is 91.3 Å². The van der Waals surface area contributed by atoms with Crippen molar-refractivity contribution in [2.75, 3.05) is 81.9 Å². The lowest BCUT2D eigenvalue weighted by molar-refractivity contribution is 0.0712. The summed E-state index contributed by atoms with van der Waals surface area (Å²) in [6.07, 6.45) is 2.74. The summed E-state index contributed by atoms with van der Waals surface area (Å²) in [5, 5.41) is 8.98. The lowest BCUT2D eigenvalue weighted by Crippen LogP contribution is -2.49. The number of benzene rings is 1. The Hall–Kier alpha value is -1.99. The second-order valence-electron chi connectivity index (χ2n) is 9.59. The quantitative estimate of drug-likeness (QED) is 0.457. The molecule has 37 heavy (non-hydrogen) atoms. The third-order valence-electron chi connectivity index (χ3n) is 7.20. The smallest absolute Gasteiger partial charge is 0.246 e. The molecular formula is C25H35BrN6O4S. The molecule has 3 fully saturated rings. The molecule has 2 aromatic rings. The summed E-state index contributed by atoms with van der Waals surface area (Å²) in [6.45, 7) is 9.87. The van der Waals surface area contributed by atoms with E-state index in [-0.39, 0.29) is 4.90 Å². The maximum Gasteiger partial charge on any atom is 0.246 e. The van der Waals surface area contributed by atoms with Crippen LogP contribution in [0.1, 0.15) is 19.8 Å². The van der Waals surface area contributed by atoms with Gasteiger partial charge in [0.1, 0.15) is 10.6 Å². The van der Waals surface area contributed by atoms with E-state index in [9.17, 15) is 8.42 Å². The van der Waals surface area contributed by atoms with E-state index < -0.39 is 10.0 Å². The van der Waals surface area contributed by atoms with Gasteiger partial charge in [0, 0.05) is 70.0 Å². The highest BCUT2D eigenvalue weighted by molar-refractivity contribution is 9.10. The summed E-state index contributed by atoms with van der Waals surface area (Å²) in [5.74, 6) is 2.04. The van der Waals surface area contributed by atoms with Gasteiger partial charge in [0.05, 0.1) is 12.7 Å². The molecule has 1 aromatic carbocycles. The SMILES string of the molecule is CCOc1ccc(Br)cc1S(=O)(=O)N1CCN(c2ccc(N3CCN(CC4CCCO4)CC3)nn2)CC1. The van der Waals surface area contributed by atoms with Crippen LogP contribution in [0.25, 0.3) is 0 Å². The number of hydrogen-bond donors (Lipinski definition) is 0. The zero-order chi connectivity index (χ0) is 25.8. The highest BCUT2D eigenvalue weighted by Crippen LogP contribution is 2.31. The van der Waals surface area contributed by atoms with Crippen LogP contribution in [0.3, 0.4) is 0 Å². The van der Waals surface area contributed by atoms with Crippen LogP contribution in [0, 0.1) is 0 Å². The van der Waals surface area contributed by atoms with Gasteiger partial charge in [-0.25, -0.2) is 8.42 Å². The van der Waals surface area contributed by atoms with Gasteiger partial charge in [0.2, 0.25) is 10.0 Å². The zero-order valence-corrected chi connectivity index (χ0v) is 23.7. The fraction of sp³-hybridized carbons (Fsp3) is 0.600. The molecule has 10 nitrogen and oxygen atoms in total. The molecule has 1 aromatic heterocycles. The maximum atomic E-state index is 13.4. The standard InChI is InChI=1S/C25H35BrN6O4S/c1-2-35-22-6-5-20(26)18-23(22)37(33,34)32-15-13-31(14-16-32)25-8-7-24(27-28-25)30-11-9-29(10-12-30)19-21-4-3-17-36-21/h5-8,18,21H,2-4,9-17,19H2,1H3. The average molecular weight is 596 g/mol. The van der Waals surface area contributed by atoms with E-state index >= 15 is 0 Å². The number of anilines is 2. The van der Waals surface area contributed by atoms with Crippen molar-refractivity contribution < 1.29 is 17.9 Å². The largest absolute Gasteiger partial charge is 0.492 e. The van der Waals surface area contributed by atoms with Gasteiger partial charge in [-0.1, -0.05) is 15.9 Å². The van der Waals surface area contributed by atoms with Crippen LogP contribution >= 0.6 is 15.9 Å². The molecule has 0 bridgehead atoms. The lowest BCUT2D eigenvalue weighted by atomic mass is 10.2. The van der Waals surface area contributed by atoms with Crippen molar-refractivity contribution in [3.63, 3.8) is 0 Å². The molecule has 0 aliphatic carbocycles. The van der Waals surface area contributed by atoms with Crippen LogP contribution in [-0.4, -0.2) is 106 Å². The van der Waals surface area contributed by atoms with Crippen molar-refractivity contribution in [2.45, 2.75) is 30.8 Å². The minimum atomic E-state index is -3.68. The van der Waals surface area contributed by atoms with Crippen LogP contribution in [-0.2, 0) is 14.8 Å². The van der Waals surface area contributed by atoms with Gasteiger partial charge in [0.15, 0.2) is 11.6 Å². The van der Waals surface area contributed by atoms with Crippen molar-refractivity contribution in [1.82, 2.24) is 19.4 Å². The molecular weight excluding hydrogens is 560 g/mol. The molecule has 0 spiro atoms. The summed E-state index contributed by atoms with van der Waals surface area (Å²) < 4.78 is 40.3. The number of aromatic nitrogens is 2. The van der Waals surface area contributed by atoms with E-state index in [1.807, 2.05) is 19.1 Å². The Kier molecular flexibility index (Phi) is 8.50. The maximum absolute atomic E-state index is 13.4. The number of piperazine rings is 2. The Bertz CT molecular complexity index is 1150. The zero-order valence-electron chi connectivity index (χ0n) is 21.3. The minimum absolute atomic E-state index is 0.192. The van der Waals surface area contributed by atoms with Crippen LogP contribution in [0.4, 0.5) is 11.6 Å². The van der Waals surface area contributed by atoms with Crippen LogP contribution in [0.2, 0.25) is 0 Å². The van der Waals surface area contributed by atoms with Gasteiger partial charge in [-0.2, -0.15) is 4.31 Å². The molecule has 1 unspecified atom stereocenters. The number of hydrogen-bond acceptors (Lipinski definition) is 9. The molecule has 12 heteroatoms. The Balaban J connectivity index is 1.15. The number of nitrogens with zero attached hydrogens (tertiary/aromatic N) is 6. The number of ether oxygens (including phenoxy) is 2. The first kappa shape index (κ1) is 26.6. The van der Waals surface area contributed by atoms with Crippen LogP contribution in [0.15, 0.2) is 39.7 Å². The first-order valence-corrected chi connectivity index (χ1v) is 15.3. The van der Waals surface area contributed by atoms with Gasteiger partial charge < -0.3 is 19.3 Å². The molecule has 0 amide bonds. The molecule has 202 valence electrons. The third-order valence-corrected chi connectivity index (χ3v) is 9.62. The Morgan fingerprint density at radius 3 is 2.19 bits per heavy atom. The van der Waals surface area contributed by atoms with E-state index in [0.717, 1.165) is 51.0 Å². The van der Waals surface area contributed by atoms with E-state index in [1.54, 1.807) is 18.2 Å². The molecule has 1 atom stereocenters. The molecule has 0 N–H and O–H groups in total. The van der Waals surface area contributed by atoms with Gasteiger partial charge in [-0.3, -0.25) is 4.90 Å². The second-order valence-corrected chi connectivity index (χ2v) is 12.4. The highest BCUT2D eigenvalue weighted by atomic mass is 79.9. The Labute approximate surface area is 227 Å². The first-order chi connectivity index (χ1) is 17.9. The summed E-state index contributed by atoms with van der Waals surface area (Å²) in [7, 11) is -3.68. The molecule has 0 radical (unpaired) electrons. The van der Waals surface area contributed by atoms with Crippen LogP contribution in [0.5, 0.6) is 5.75 Å². The highest BCUT2D eigenvalue weighted by Gasteiger charge is 2.32.